The third kappa shape index (κ3) is 1.74. The Kier molecular flexibility index (Phi) is 3.14. The van der Waals surface area contributed by atoms with Crippen LogP contribution in [0.4, 0.5) is 0 Å². The highest BCUT2D eigenvalue weighted by atomic mass is 35.5. The van der Waals surface area contributed by atoms with Gasteiger partial charge in [-0.25, -0.2) is 0 Å². The molecule has 0 aliphatic carbocycles. The number of nitrogens with zero attached hydrogens (tertiary/aromatic N) is 1. The Morgan fingerprint density at radius 3 is 2.80 bits per heavy atom. The van der Waals surface area contributed by atoms with Gasteiger partial charge < -0.3 is 15.0 Å². The van der Waals surface area contributed by atoms with E-state index in [0.29, 0.717) is 5.02 Å². The van der Waals surface area contributed by atoms with E-state index in [1.807, 2.05) is 12.1 Å². The van der Waals surface area contributed by atoms with Crippen molar-refractivity contribution in [3.8, 4) is 5.75 Å². The molecule has 3 atom stereocenters. The second kappa shape index (κ2) is 4.50. The maximum Gasteiger partial charge on any atom is 0.187 e. The zero-order valence-corrected chi connectivity index (χ0v) is 13.7. The van der Waals surface area contributed by atoms with Crippen LogP contribution in [-0.4, -0.2) is 21.8 Å². The Labute approximate surface area is 130 Å². The van der Waals surface area contributed by atoms with Crippen molar-refractivity contribution in [2.45, 2.75) is 45.5 Å². The molecule has 1 aromatic rings. The summed E-state index contributed by atoms with van der Waals surface area (Å²) in [5.41, 5.74) is 0.618. The van der Waals surface area contributed by atoms with Gasteiger partial charge in [0.05, 0.1) is 11.1 Å². The first-order valence-corrected chi connectivity index (χ1v) is 7.72. The molecule has 0 spiro atoms. The van der Waals surface area contributed by atoms with E-state index in [0.717, 1.165) is 16.4 Å². The predicted octanol–water partition coefficient (Wildman–Crippen LogP) is 3.72. The number of para-hydroxylation sites is 1. The highest BCUT2D eigenvalue weighted by molar-refractivity contribution is 7.80. The molecule has 0 radical (unpaired) electrons. The van der Waals surface area contributed by atoms with Gasteiger partial charge in [0.15, 0.2) is 10.8 Å². The van der Waals surface area contributed by atoms with Gasteiger partial charge in [-0.3, -0.25) is 0 Å². The minimum absolute atomic E-state index is 0.143. The molecule has 1 N–H and O–H groups in total. The fourth-order valence-corrected chi connectivity index (χ4v) is 4.12. The lowest BCUT2D eigenvalue weighted by Crippen LogP contribution is -2.70. The van der Waals surface area contributed by atoms with Crippen molar-refractivity contribution in [2.75, 3.05) is 0 Å². The fraction of sp³-hybridized carbons (Fsp3) is 0.533. The smallest absolute Gasteiger partial charge is 0.187 e. The van der Waals surface area contributed by atoms with Gasteiger partial charge in [0.2, 0.25) is 0 Å². The van der Waals surface area contributed by atoms with Crippen LogP contribution < -0.4 is 10.1 Å². The molecule has 0 amide bonds. The summed E-state index contributed by atoms with van der Waals surface area (Å²) in [4.78, 5) is 2.13. The number of thiocarbonyl (C=S) groups is 1. The third-order valence-electron chi connectivity index (χ3n) is 4.48. The Morgan fingerprint density at radius 1 is 1.45 bits per heavy atom. The molecular weight excluding hydrogens is 292 g/mol. The van der Waals surface area contributed by atoms with Crippen LogP contribution in [0.25, 0.3) is 0 Å². The van der Waals surface area contributed by atoms with Gasteiger partial charge >= 0.3 is 0 Å². The second-order valence-corrected chi connectivity index (χ2v) is 6.79. The highest BCUT2D eigenvalue weighted by Crippen LogP contribution is 2.50. The van der Waals surface area contributed by atoms with Crippen LogP contribution in [0.15, 0.2) is 18.2 Å². The van der Waals surface area contributed by atoms with E-state index >= 15 is 0 Å². The van der Waals surface area contributed by atoms with Crippen LogP contribution in [0.3, 0.4) is 0 Å². The summed E-state index contributed by atoms with van der Waals surface area (Å²) >= 11 is 11.9. The van der Waals surface area contributed by atoms with E-state index in [9.17, 15) is 0 Å². The molecule has 3 nitrogen and oxygen atoms in total. The van der Waals surface area contributed by atoms with Crippen molar-refractivity contribution in [1.29, 1.82) is 0 Å². The molecule has 0 aromatic heterocycles. The van der Waals surface area contributed by atoms with E-state index in [2.05, 4.69) is 44.0 Å². The Balaban J connectivity index is 2.18. The summed E-state index contributed by atoms with van der Waals surface area (Å²) in [7, 11) is 0. The summed E-state index contributed by atoms with van der Waals surface area (Å²) in [6.07, 6.45) is 0. The van der Waals surface area contributed by atoms with Crippen LogP contribution in [0, 0.1) is 5.92 Å². The highest BCUT2D eigenvalue weighted by Gasteiger charge is 2.54. The molecule has 5 heteroatoms. The molecule has 1 aromatic carbocycles. The fourth-order valence-electron chi connectivity index (χ4n) is 3.38. The normalized spacial score (nSPS) is 31.7. The zero-order chi connectivity index (χ0) is 14.7. The largest absolute Gasteiger partial charge is 0.466 e. The predicted molar refractivity (Wildman–Crippen MR) is 85.1 cm³/mol. The minimum atomic E-state index is -0.473. The van der Waals surface area contributed by atoms with Gasteiger partial charge in [0.1, 0.15) is 5.75 Å². The Morgan fingerprint density at radius 2 is 2.15 bits per heavy atom. The zero-order valence-electron chi connectivity index (χ0n) is 12.1. The van der Waals surface area contributed by atoms with Crippen molar-refractivity contribution in [1.82, 2.24) is 10.2 Å². The SMILES string of the molecule is CC(C)N1C(=S)NC2c3cccc(Cl)c3OC1(C)C2C. The average Bonchev–Trinajstić information content (AvgIpc) is 2.34. The van der Waals surface area contributed by atoms with E-state index in [-0.39, 0.29) is 18.0 Å². The van der Waals surface area contributed by atoms with Crippen LogP contribution >= 0.6 is 23.8 Å². The van der Waals surface area contributed by atoms with Gasteiger partial charge in [0.25, 0.3) is 0 Å². The lowest BCUT2D eigenvalue weighted by atomic mass is 9.80. The van der Waals surface area contributed by atoms with Crippen LogP contribution in [0.1, 0.15) is 39.3 Å². The van der Waals surface area contributed by atoms with Crippen LogP contribution in [0.2, 0.25) is 5.02 Å². The van der Waals surface area contributed by atoms with E-state index < -0.39 is 5.72 Å². The van der Waals surface area contributed by atoms with Gasteiger partial charge in [-0.1, -0.05) is 30.7 Å². The van der Waals surface area contributed by atoms with Crippen molar-refractivity contribution in [3.63, 3.8) is 0 Å². The number of halogens is 1. The second-order valence-electron chi connectivity index (χ2n) is 5.99. The van der Waals surface area contributed by atoms with Gasteiger partial charge in [-0.05, 0) is 39.1 Å². The third-order valence-corrected chi connectivity index (χ3v) is 5.09. The first-order chi connectivity index (χ1) is 9.36. The number of fused-ring (bicyclic) bond motifs is 4. The molecule has 0 saturated carbocycles. The van der Waals surface area contributed by atoms with E-state index in [1.54, 1.807) is 0 Å². The minimum Gasteiger partial charge on any atom is -0.466 e. The number of benzene rings is 1. The molecule has 2 aliphatic rings. The van der Waals surface area contributed by atoms with Crippen LogP contribution in [-0.2, 0) is 0 Å². The number of hydrogen-bond acceptors (Lipinski definition) is 2. The van der Waals surface area contributed by atoms with Gasteiger partial charge in [-0.15, -0.1) is 0 Å². The number of rotatable bonds is 1. The molecule has 108 valence electrons. The van der Waals surface area contributed by atoms with E-state index in [1.165, 1.54) is 0 Å². The van der Waals surface area contributed by atoms with Gasteiger partial charge in [0, 0.05) is 17.5 Å². The molecule has 3 unspecified atom stereocenters. The summed E-state index contributed by atoms with van der Waals surface area (Å²) in [6, 6.07) is 6.28. The van der Waals surface area contributed by atoms with Crippen molar-refractivity contribution in [2.24, 2.45) is 5.92 Å². The summed E-state index contributed by atoms with van der Waals surface area (Å²) in [5, 5.41) is 4.86. The first-order valence-electron chi connectivity index (χ1n) is 6.93. The van der Waals surface area contributed by atoms with Gasteiger partial charge in [-0.2, -0.15) is 0 Å². The maximum absolute atomic E-state index is 6.34. The average molecular weight is 311 g/mol. The Bertz CT molecular complexity index is 577. The molecule has 1 fully saturated rings. The summed E-state index contributed by atoms with van der Waals surface area (Å²) < 4.78 is 6.34. The Hall–Kier alpha value is -1.00. The molecular formula is C15H19ClN2OS. The summed E-state index contributed by atoms with van der Waals surface area (Å²) in [6.45, 7) is 8.54. The lowest BCUT2D eigenvalue weighted by Gasteiger charge is -2.57. The number of ether oxygens (including phenoxy) is 1. The number of nitrogens with one attached hydrogen (secondary N) is 1. The lowest BCUT2D eigenvalue weighted by molar-refractivity contribution is -0.121. The monoisotopic (exact) mass is 310 g/mol. The first kappa shape index (κ1) is 14.0. The molecule has 3 rings (SSSR count). The number of hydrogen-bond donors (Lipinski definition) is 1. The molecule has 1 saturated heterocycles. The maximum atomic E-state index is 6.34. The van der Waals surface area contributed by atoms with Crippen LogP contribution in [0.5, 0.6) is 5.75 Å². The van der Waals surface area contributed by atoms with Crippen molar-refractivity contribution >= 4 is 28.9 Å². The molecule has 2 heterocycles. The standard InChI is InChI=1S/C15H19ClN2OS/c1-8(2)18-14(20)17-12-9(3)15(18,4)19-13-10(12)6-5-7-11(13)16/h5-9,12H,1-4H3,(H,17,20). The topological polar surface area (TPSA) is 24.5 Å². The van der Waals surface area contributed by atoms with Crippen molar-refractivity contribution in [3.05, 3.63) is 28.8 Å². The van der Waals surface area contributed by atoms with E-state index in [4.69, 9.17) is 28.6 Å². The quantitative estimate of drug-likeness (QED) is 0.799. The van der Waals surface area contributed by atoms with Crippen molar-refractivity contribution < 1.29 is 4.74 Å². The molecule has 20 heavy (non-hydrogen) atoms. The summed E-state index contributed by atoms with van der Waals surface area (Å²) in [5.74, 6) is 1.04. The molecule has 2 aliphatic heterocycles. The molecule has 2 bridgehead atoms.